The van der Waals surface area contributed by atoms with E-state index in [-0.39, 0.29) is 6.09 Å². The van der Waals surface area contributed by atoms with Crippen molar-refractivity contribution < 1.29 is 9.53 Å². The third-order valence-corrected chi connectivity index (χ3v) is 3.96. The molecule has 1 amide bonds. The molecule has 5 nitrogen and oxygen atoms in total. The molecule has 1 aromatic rings. The Morgan fingerprint density at radius 2 is 2.19 bits per heavy atom. The number of hydrogen-bond donors (Lipinski definition) is 1. The van der Waals surface area contributed by atoms with Crippen LogP contribution < -0.4 is 5.32 Å². The van der Waals surface area contributed by atoms with E-state index in [0.29, 0.717) is 12.0 Å². The zero-order valence-electron chi connectivity index (χ0n) is 13.6. The quantitative estimate of drug-likeness (QED) is 0.907. The number of hydrogen-bond acceptors (Lipinski definition) is 3. The molecule has 1 fully saturated rings. The number of alkyl carbamates (subject to hydrolysis) is 1. The van der Waals surface area contributed by atoms with Crippen molar-refractivity contribution in [1.29, 1.82) is 0 Å². The first kappa shape index (κ1) is 15.9. The van der Waals surface area contributed by atoms with Gasteiger partial charge in [-0.15, -0.1) is 0 Å². The highest BCUT2D eigenvalue weighted by molar-refractivity contribution is 5.67. The van der Waals surface area contributed by atoms with Crippen LogP contribution >= 0.6 is 0 Å². The number of carbonyl (C=O) groups excluding carboxylic acids is 1. The highest BCUT2D eigenvalue weighted by Gasteiger charge is 2.32. The van der Waals surface area contributed by atoms with Gasteiger partial charge in [0.15, 0.2) is 0 Å². The topological polar surface area (TPSA) is 56.2 Å². The maximum Gasteiger partial charge on any atom is 0.407 e. The molecule has 1 N–H and O–H groups in total. The molecule has 0 aromatic carbocycles. The molecule has 0 radical (unpaired) electrons. The molecule has 0 bridgehead atoms. The van der Waals surface area contributed by atoms with Crippen molar-refractivity contribution in [2.45, 2.75) is 65.5 Å². The van der Waals surface area contributed by atoms with E-state index in [4.69, 9.17) is 4.74 Å². The number of ether oxygens (including phenoxy) is 1. The van der Waals surface area contributed by atoms with Crippen LogP contribution in [0, 0.1) is 5.41 Å². The zero-order chi connectivity index (χ0) is 15.5. The summed E-state index contributed by atoms with van der Waals surface area (Å²) in [4.78, 5) is 15.8. The van der Waals surface area contributed by atoms with Gasteiger partial charge in [0.1, 0.15) is 5.60 Å². The second kappa shape index (κ2) is 6.08. The second-order valence-electron chi connectivity index (χ2n) is 7.36. The smallest absolute Gasteiger partial charge is 0.407 e. The van der Waals surface area contributed by atoms with E-state index in [9.17, 15) is 4.79 Å². The Bertz CT molecular complexity index is 484. The highest BCUT2D eigenvalue weighted by Crippen LogP contribution is 2.41. The minimum absolute atomic E-state index is 0.362. The molecule has 0 aliphatic heterocycles. The standard InChI is InChI=1S/C16H27N3O2/c1-15(2,3)21-14(20)18-9-6-13-10-17-12-19(13)11-16(4)7-5-8-16/h10,12H,5-9,11H2,1-4H3,(H,18,20). The molecule has 0 saturated heterocycles. The van der Waals surface area contributed by atoms with Crippen molar-refractivity contribution in [1.82, 2.24) is 14.9 Å². The molecule has 118 valence electrons. The van der Waals surface area contributed by atoms with Crippen LogP contribution in [0.3, 0.4) is 0 Å². The molecule has 1 heterocycles. The normalized spacial score (nSPS) is 17.1. The van der Waals surface area contributed by atoms with Crippen LogP contribution in [-0.4, -0.2) is 27.8 Å². The van der Waals surface area contributed by atoms with Gasteiger partial charge in [-0.1, -0.05) is 13.3 Å². The van der Waals surface area contributed by atoms with Gasteiger partial charge in [-0.3, -0.25) is 0 Å². The molecule has 0 unspecified atom stereocenters. The Kier molecular flexibility index (Phi) is 4.59. The number of imidazole rings is 1. The maximum atomic E-state index is 11.6. The number of carbonyl (C=O) groups is 1. The van der Waals surface area contributed by atoms with Crippen LogP contribution in [0.1, 0.15) is 52.7 Å². The van der Waals surface area contributed by atoms with Gasteiger partial charge in [0, 0.05) is 31.4 Å². The molecule has 0 spiro atoms. The summed E-state index contributed by atoms with van der Waals surface area (Å²) in [6.07, 6.45) is 8.11. The van der Waals surface area contributed by atoms with Crippen LogP contribution in [0.15, 0.2) is 12.5 Å². The predicted molar refractivity (Wildman–Crippen MR) is 82.1 cm³/mol. The Morgan fingerprint density at radius 3 is 2.76 bits per heavy atom. The fourth-order valence-corrected chi connectivity index (χ4v) is 2.66. The van der Waals surface area contributed by atoms with Gasteiger partial charge in [0.05, 0.1) is 6.33 Å². The molecular weight excluding hydrogens is 266 g/mol. The van der Waals surface area contributed by atoms with E-state index in [1.807, 2.05) is 33.3 Å². The maximum absolute atomic E-state index is 11.6. The first-order valence-electron chi connectivity index (χ1n) is 7.73. The SMILES string of the molecule is CC1(Cn2cncc2CCNC(=O)OC(C)(C)C)CCC1. The first-order valence-corrected chi connectivity index (χ1v) is 7.73. The summed E-state index contributed by atoms with van der Waals surface area (Å²) in [6.45, 7) is 9.51. The minimum Gasteiger partial charge on any atom is -0.444 e. The number of amides is 1. The zero-order valence-corrected chi connectivity index (χ0v) is 13.6. The van der Waals surface area contributed by atoms with Gasteiger partial charge < -0.3 is 14.6 Å². The summed E-state index contributed by atoms with van der Waals surface area (Å²) in [7, 11) is 0. The third kappa shape index (κ3) is 4.76. The van der Waals surface area contributed by atoms with Gasteiger partial charge in [0.25, 0.3) is 0 Å². The van der Waals surface area contributed by atoms with E-state index in [2.05, 4.69) is 21.8 Å². The fourth-order valence-electron chi connectivity index (χ4n) is 2.66. The lowest BCUT2D eigenvalue weighted by molar-refractivity contribution is 0.0528. The van der Waals surface area contributed by atoms with Crippen LogP contribution in [0.5, 0.6) is 0 Å². The van der Waals surface area contributed by atoms with Crippen LogP contribution in [0.4, 0.5) is 4.79 Å². The lowest BCUT2D eigenvalue weighted by Crippen LogP contribution is -2.34. The second-order valence-corrected chi connectivity index (χ2v) is 7.36. The van der Waals surface area contributed by atoms with Gasteiger partial charge in [-0.05, 0) is 39.0 Å². The summed E-state index contributed by atoms with van der Waals surface area (Å²) >= 11 is 0. The van der Waals surface area contributed by atoms with E-state index >= 15 is 0 Å². The first-order chi connectivity index (χ1) is 9.77. The molecule has 1 aliphatic carbocycles. The lowest BCUT2D eigenvalue weighted by Gasteiger charge is -2.39. The Balaban J connectivity index is 1.79. The molecular formula is C16H27N3O2. The summed E-state index contributed by atoms with van der Waals surface area (Å²) in [6, 6.07) is 0. The summed E-state index contributed by atoms with van der Waals surface area (Å²) in [5.74, 6) is 0. The Hall–Kier alpha value is -1.52. The number of aromatic nitrogens is 2. The van der Waals surface area contributed by atoms with E-state index in [0.717, 1.165) is 13.0 Å². The third-order valence-electron chi connectivity index (χ3n) is 3.96. The molecule has 21 heavy (non-hydrogen) atoms. The summed E-state index contributed by atoms with van der Waals surface area (Å²) < 4.78 is 7.44. The fraction of sp³-hybridized carbons (Fsp3) is 0.750. The summed E-state index contributed by atoms with van der Waals surface area (Å²) in [5, 5.41) is 2.79. The van der Waals surface area contributed by atoms with Crippen LogP contribution in [0.2, 0.25) is 0 Å². The van der Waals surface area contributed by atoms with E-state index in [1.165, 1.54) is 25.0 Å². The molecule has 0 atom stereocenters. The van der Waals surface area contributed by atoms with Gasteiger partial charge >= 0.3 is 6.09 Å². The number of nitrogens with zero attached hydrogens (tertiary/aromatic N) is 2. The van der Waals surface area contributed by atoms with Crippen LogP contribution in [0.25, 0.3) is 0 Å². The monoisotopic (exact) mass is 293 g/mol. The van der Waals surface area contributed by atoms with Gasteiger partial charge in [-0.2, -0.15) is 0 Å². The average Bonchev–Trinajstić information content (AvgIpc) is 2.72. The molecule has 1 aliphatic rings. The molecule has 1 saturated carbocycles. The molecule has 2 rings (SSSR count). The average molecular weight is 293 g/mol. The van der Waals surface area contributed by atoms with Gasteiger partial charge in [-0.25, -0.2) is 9.78 Å². The van der Waals surface area contributed by atoms with Crippen molar-refractivity contribution in [2.24, 2.45) is 5.41 Å². The summed E-state index contributed by atoms with van der Waals surface area (Å²) in [5.41, 5.74) is 1.14. The lowest BCUT2D eigenvalue weighted by atomic mass is 9.70. The van der Waals surface area contributed by atoms with Crippen molar-refractivity contribution >= 4 is 6.09 Å². The van der Waals surface area contributed by atoms with E-state index < -0.39 is 5.60 Å². The largest absolute Gasteiger partial charge is 0.444 e. The van der Waals surface area contributed by atoms with Crippen LogP contribution in [-0.2, 0) is 17.7 Å². The Morgan fingerprint density at radius 1 is 1.48 bits per heavy atom. The number of nitrogens with one attached hydrogen (secondary N) is 1. The van der Waals surface area contributed by atoms with Crippen molar-refractivity contribution in [3.05, 3.63) is 18.2 Å². The van der Waals surface area contributed by atoms with Crippen molar-refractivity contribution in [3.8, 4) is 0 Å². The van der Waals surface area contributed by atoms with Gasteiger partial charge in [0.2, 0.25) is 0 Å². The predicted octanol–water partition coefficient (Wildman–Crippen LogP) is 3.14. The van der Waals surface area contributed by atoms with Crippen molar-refractivity contribution in [3.63, 3.8) is 0 Å². The molecule has 1 aromatic heterocycles. The number of rotatable bonds is 5. The van der Waals surface area contributed by atoms with Crippen molar-refractivity contribution in [2.75, 3.05) is 6.54 Å². The molecule has 5 heteroatoms. The minimum atomic E-state index is -0.454. The van der Waals surface area contributed by atoms with E-state index in [1.54, 1.807) is 0 Å². The Labute approximate surface area is 127 Å². The highest BCUT2D eigenvalue weighted by atomic mass is 16.6.